The first kappa shape index (κ1) is 15.4. The van der Waals surface area contributed by atoms with Crippen molar-refractivity contribution in [3.8, 4) is 5.75 Å². The van der Waals surface area contributed by atoms with Gasteiger partial charge in [0.25, 0.3) is 5.91 Å². The lowest BCUT2D eigenvalue weighted by Gasteiger charge is -2.25. The molecule has 0 aliphatic rings. The molecular weight excluding hydrogens is 249 g/mol. The quantitative estimate of drug-likeness (QED) is 0.829. The van der Waals surface area contributed by atoms with Gasteiger partial charge in [-0.15, -0.1) is 0 Å². The highest BCUT2D eigenvalue weighted by molar-refractivity contribution is 5.84. The third-order valence-electron chi connectivity index (χ3n) is 2.70. The van der Waals surface area contributed by atoms with Crippen molar-refractivity contribution >= 4 is 5.91 Å². The highest BCUT2D eigenvalue weighted by atomic mass is 19.1. The molecule has 0 saturated carbocycles. The third-order valence-corrected chi connectivity index (χ3v) is 2.70. The van der Waals surface area contributed by atoms with Gasteiger partial charge in [-0.2, -0.15) is 0 Å². The van der Waals surface area contributed by atoms with Crippen LogP contribution < -0.4 is 10.1 Å². The second-order valence-corrected chi connectivity index (χ2v) is 4.84. The minimum absolute atomic E-state index is 0.186. The normalized spacial score (nSPS) is 12.9. The predicted molar refractivity (Wildman–Crippen MR) is 70.4 cm³/mol. The number of aliphatic hydroxyl groups excluding tert-OH is 1. The first-order chi connectivity index (χ1) is 8.85. The summed E-state index contributed by atoms with van der Waals surface area (Å²) in [7, 11) is 0. The Kier molecular flexibility index (Phi) is 5.30. The number of hydrogen-bond acceptors (Lipinski definition) is 3. The lowest BCUT2D eigenvalue weighted by atomic mass is 10.1. The molecule has 0 radical (unpaired) electrons. The molecule has 4 nitrogen and oxygen atoms in total. The molecule has 0 fully saturated rings. The first-order valence-electron chi connectivity index (χ1n) is 6.26. The fourth-order valence-electron chi connectivity index (χ4n) is 1.41. The largest absolute Gasteiger partial charge is 0.478 e. The van der Waals surface area contributed by atoms with Gasteiger partial charge >= 0.3 is 0 Å². The summed E-state index contributed by atoms with van der Waals surface area (Å²) >= 11 is 0. The van der Waals surface area contributed by atoms with Crippen molar-refractivity contribution in [2.75, 3.05) is 6.54 Å². The molecule has 19 heavy (non-hydrogen) atoms. The van der Waals surface area contributed by atoms with E-state index in [-0.39, 0.29) is 18.3 Å². The molecule has 1 aromatic carbocycles. The zero-order chi connectivity index (χ0) is 14.5. The van der Waals surface area contributed by atoms with Crippen molar-refractivity contribution in [2.24, 2.45) is 0 Å². The molecule has 1 amide bonds. The van der Waals surface area contributed by atoms with Crippen molar-refractivity contribution in [1.82, 2.24) is 5.32 Å². The summed E-state index contributed by atoms with van der Waals surface area (Å²) in [6.45, 7) is 5.25. The molecule has 5 heteroatoms. The fourth-order valence-corrected chi connectivity index (χ4v) is 1.41. The van der Waals surface area contributed by atoms with Gasteiger partial charge in [-0.1, -0.05) is 6.92 Å². The number of halogens is 1. The van der Waals surface area contributed by atoms with E-state index < -0.39 is 11.7 Å². The van der Waals surface area contributed by atoms with Crippen LogP contribution in [0.2, 0.25) is 0 Å². The highest BCUT2D eigenvalue weighted by Gasteiger charge is 2.29. The maximum atomic E-state index is 12.8. The van der Waals surface area contributed by atoms with Crippen LogP contribution in [0, 0.1) is 5.82 Å². The van der Waals surface area contributed by atoms with E-state index in [0.29, 0.717) is 12.2 Å². The zero-order valence-corrected chi connectivity index (χ0v) is 11.4. The van der Waals surface area contributed by atoms with Gasteiger partial charge in [-0.25, -0.2) is 4.39 Å². The van der Waals surface area contributed by atoms with Crippen LogP contribution in [0.25, 0.3) is 0 Å². The molecule has 1 atom stereocenters. The van der Waals surface area contributed by atoms with Crippen LogP contribution in [0.15, 0.2) is 24.3 Å². The summed E-state index contributed by atoms with van der Waals surface area (Å²) in [5, 5.41) is 12.0. The molecular formula is C14H20FNO3. The number of amides is 1. The Morgan fingerprint density at radius 2 is 2.00 bits per heavy atom. The Hall–Kier alpha value is -1.62. The summed E-state index contributed by atoms with van der Waals surface area (Å²) in [5.74, 6) is -0.275. The summed E-state index contributed by atoms with van der Waals surface area (Å²) < 4.78 is 18.3. The van der Waals surface area contributed by atoms with Crippen LogP contribution in [-0.4, -0.2) is 29.3 Å². The van der Waals surface area contributed by atoms with Gasteiger partial charge in [0.2, 0.25) is 0 Å². The molecule has 106 valence electrons. The molecule has 0 aliphatic heterocycles. The predicted octanol–water partition coefficient (Wildman–Crippen LogP) is 1.87. The van der Waals surface area contributed by atoms with Gasteiger partial charge in [0, 0.05) is 6.54 Å². The Labute approximate surface area is 112 Å². The molecule has 0 spiro atoms. The molecule has 1 rings (SSSR count). The monoisotopic (exact) mass is 269 g/mol. The number of hydrogen-bond donors (Lipinski definition) is 2. The number of carbonyl (C=O) groups is 1. The SMILES string of the molecule is CCC(O)CNC(=O)C(C)(C)Oc1ccc(F)cc1. The van der Waals surface area contributed by atoms with Gasteiger partial charge < -0.3 is 15.2 Å². The molecule has 0 heterocycles. The third kappa shape index (κ3) is 4.87. The lowest BCUT2D eigenvalue weighted by Crippen LogP contribution is -2.48. The Balaban J connectivity index is 2.59. The minimum atomic E-state index is -1.09. The number of carbonyl (C=O) groups excluding carboxylic acids is 1. The van der Waals surface area contributed by atoms with E-state index >= 15 is 0 Å². The van der Waals surface area contributed by atoms with E-state index in [1.54, 1.807) is 13.8 Å². The molecule has 0 bridgehead atoms. The molecule has 1 aromatic rings. The average molecular weight is 269 g/mol. The number of rotatable bonds is 6. The molecule has 2 N–H and O–H groups in total. The summed E-state index contributed by atoms with van der Waals surface area (Å²) in [4.78, 5) is 11.9. The zero-order valence-electron chi connectivity index (χ0n) is 11.4. The van der Waals surface area contributed by atoms with Gasteiger partial charge in [0.15, 0.2) is 5.60 Å². The Morgan fingerprint density at radius 1 is 1.42 bits per heavy atom. The summed E-state index contributed by atoms with van der Waals surface area (Å²) in [6.07, 6.45) is 0.00469. The van der Waals surface area contributed by atoms with Crippen LogP contribution in [0.3, 0.4) is 0 Å². The second kappa shape index (κ2) is 6.52. The van der Waals surface area contributed by atoms with E-state index in [4.69, 9.17) is 4.74 Å². The van der Waals surface area contributed by atoms with Crippen LogP contribution in [0.5, 0.6) is 5.75 Å². The van der Waals surface area contributed by atoms with Crippen molar-refractivity contribution in [2.45, 2.75) is 38.9 Å². The molecule has 0 aromatic heterocycles. The number of aliphatic hydroxyl groups is 1. The van der Waals surface area contributed by atoms with Crippen molar-refractivity contribution < 1.29 is 19.0 Å². The van der Waals surface area contributed by atoms with Crippen molar-refractivity contribution in [3.63, 3.8) is 0 Å². The van der Waals surface area contributed by atoms with Crippen LogP contribution in [0.4, 0.5) is 4.39 Å². The Morgan fingerprint density at radius 3 is 2.53 bits per heavy atom. The van der Waals surface area contributed by atoms with Gasteiger partial charge in [0.1, 0.15) is 11.6 Å². The molecule has 0 saturated heterocycles. The van der Waals surface area contributed by atoms with E-state index in [1.807, 2.05) is 6.92 Å². The number of nitrogens with one attached hydrogen (secondary N) is 1. The standard InChI is InChI=1S/C14H20FNO3/c1-4-11(17)9-16-13(18)14(2,3)19-12-7-5-10(15)6-8-12/h5-8,11,17H,4,9H2,1-3H3,(H,16,18). The van der Waals surface area contributed by atoms with Crippen molar-refractivity contribution in [1.29, 1.82) is 0 Å². The minimum Gasteiger partial charge on any atom is -0.478 e. The number of ether oxygens (including phenoxy) is 1. The van der Waals surface area contributed by atoms with E-state index in [0.717, 1.165) is 0 Å². The highest BCUT2D eigenvalue weighted by Crippen LogP contribution is 2.18. The van der Waals surface area contributed by atoms with Crippen LogP contribution in [0.1, 0.15) is 27.2 Å². The van der Waals surface area contributed by atoms with Gasteiger partial charge in [-0.05, 0) is 44.5 Å². The van der Waals surface area contributed by atoms with E-state index in [9.17, 15) is 14.3 Å². The molecule has 0 aliphatic carbocycles. The first-order valence-corrected chi connectivity index (χ1v) is 6.26. The van der Waals surface area contributed by atoms with Crippen LogP contribution in [-0.2, 0) is 4.79 Å². The smallest absolute Gasteiger partial charge is 0.263 e. The second-order valence-electron chi connectivity index (χ2n) is 4.84. The van der Waals surface area contributed by atoms with E-state index in [2.05, 4.69) is 5.32 Å². The maximum absolute atomic E-state index is 12.8. The lowest BCUT2D eigenvalue weighted by molar-refractivity contribution is -0.134. The molecule has 1 unspecified atom stereocenters. The summed E-state index contributed by atoms with van der Waals surface area (Å²) in [5.41, 5.74) is -1.09. The summed E-state index contributed by atoms with van der Waals surface area (Å²) in [6, 6.07) is 5.46. The van der Waals surface area contributed by atoms with E-state index in [1.165, 1.54) is 24.3 Å². The average Bonchev–Trinajstić information content (AvgIpc) is 2.37. The topological polar surface area (TPSA) is 58.6 Å². The van der Waals surface area contributed by atoms with Crippen LogP contribution >= 0.6 is 0 Å². The van der Waals surface area contributed by atoms with Gasteiger partial charge in [0.05, 0.1) is 6.10 Å². The van der Waals surface area contributed by atoms with Gasteiger partial charge in [-0.3, -0.25) is 4.79 Å². The fraction of sp³-hybridized carbons (Fsp3) is 0.500. The Bertz CT molecular complexity index is 417. The number of benzene rings is 1. The van der Waals surface area contributed by atoms with Crippen molar-refractivity contribution in [3.05, 3.63) is 30.1 Å². The maximum Gasteiger partial charge on any atom is 0.263 e.